The number of anilines is 2. The summed E-state index contributed by atoms with van der Waals surface area (Å²) in [7, 11) is 0. The van der Waals surface area contributed by atoms with Crippen LogP contribution >= 0.6 is 0 Å². The fourth-order valence-corrected chi connectivity index (χ4v) is 3.14. The maximum atomic E-state index is 12.7. The van der Waals surface area contributed by atoms with E-state index in [1.54, 1.807) is 6.20 Å². The summed E-state index contributed by atoms with van der Waals surface area (Å²) < 4.78 is 2.10. The molecule has 0 atom stereocenters. The second kappa shape index (κ2) is 6.93. The largest absolute Gasteiger partial charge is 0.349 e. The molecule has 0 spiro atoms. The van der Waals surface area contributed by atoms with Gasteiger partial charge in [-0.25, -0.2) is 4.98 Å². The van der Waals surface area contributed by atoms with Crippen LogP contribution in [0.15, 0.2) is 36.7 Å². The van der Waals surface area contributed by atoms with Crippen molar-refractivity contribution >= 4 is 28.6 Å². The molecule has 3 aromatic rings. The number of aromatic nitrogens is 3. The summed E-state index contributed by atoms with van der Waals surface area (Å²) in [5, 5.41) is 7.13. The summed E-state index contributed by atoms with van der Waals surface area (Å²) in [6.07, 6.45) is 6.72. The third kappa shape index (κ3) is 3.59. The van der Waals surface area contributed by atoms with Crippen molar-refractivity contribution in [2.24, 2.45) is 0 Å². The van der Waals surface area contributed by atoms with E-state index in [1.165, 1.54) is 5.56 Å². The van der Waals surface area contributed by atoms with Gasteiger partial charge in [0.2, 0.25) is 5.95 Å². The number of benzene rings is 1. The molecule has 0 bridgehead atoms. The van der Waals surface area contributed by atoms with E-state index < -0.39 is 0 Å². The Morgan fingerprint density at radius 3 is 2.61 bits per heavy atom. The average Bonchev–Trinajstić information content (AvgIpc) is 3.40. The molecule has 1 fully saturated rings. The molecule has 6 nitrogen and oxygen atoms in total. The summed E-state index contributed by atoms with van der Waals surface area (Å²) in [5.41, 5.74) is 3.39. The number of fused-ring (bicyclic) bond motifs is 1. The molecule has 0 saturated heterocycles. The summed E-state index contributed by atoms with van der Waals surface area (Å²) in [6.45, 7) is 8.51. The SMILES string of the molecule is CCC(C)(C)n1cc(C(=O)NC2CC2)c2cnc(Nc3ccc(C)cc3)nc21. The Bertz CT molecular complexity index is 1020. The van der Waals surface area contributed by atoms with E-state index in [1.807, 2.05) is 30.5 Å². The second-order valence-electron chi connectivity index (χ2n) is 8.25. The zero-order valence-corrected chi connectivity index (χ0v) is 16.9. The molecular weight excluding hydrogens is 350 g/mol. The smallest absolute Gasteiger partial charge is 0.253 e. The number of nitrogens with zero attached hydrogens (tertiary/aromatic N) is 3. The first-order valence-corrected chi connectivity index (χ1v) is 9.90. The lowest BCUT2D eigenvalue weighted by Gasteiger charge is -2.26. The maximum absolute atomic E-state index is 12.7. The first-order chi connectivity index (χ1) is 13.4. The normalized spacial score (nSPS) is 14.3. The summed E-state index contributed by atoms with van der Waals surface area (Å²) in [5.74, 6) is 0.484. The molecule has 0 aliphatic heterocycles. The van der Waals surface area contributed by atoms with E-state index in [9.17, 15) is 4.79 Å². The van der Waals surface area contributed by atoms with Crippen LogP contribution in [0.2, 0.25) is 0 Å². The van der Waals surface area contributed by atoms with Crippen LogP contribution in [-0.2, 0) is 5.54 Å². The molecule has 2 N–H and O–H groups in total. The van der Waals surface area contributed by atoms with Crippen molar-refractivity contribution in [3.63, 3.8) is 0 Å². The molecule has 1 aliphatic rings. The Morgan fingerprint density at radius 1 is 1.25 bits per heavy atom. The minimum Gasteiger partial charge on any atom is -0.349 e. The quantitative estimate of drug-likeness (QED) is 0.662. The average molecular weight is 377 g/mol. The van der Waals surface area contributed by atoms with Crippen molar-refractivity contribution < 1.29 is 4.79 Å². The molecule has 1 saturated carbocycles. The van der Waals surface area contributed by atoms with Gasteiger partial charge in [-0.15, -0.1) is 0 Å². The standard InChI is InChI=1S/C22H27N5O/c1-5-22(3,4)27-13-18(20(28)24-15-10-11-15)17-12-23-21(26-19(17)27)25-16-8-6-14(2)7-9-16/h6-9,12-13,15H,5,10-11H2,1-4H3,(H,24,28)(H,23,25,26). The number of rotatable bonds is 6. The van der Waals surface area contributed by atoms with Crippen molar-refractivity contribution in [2.75, 3.05) is 5.32 Å². The first kappa shape index (κ1) is 18.5. The number of nitrogens with one attached hydrogen (secondary N) is 2. The molecule has 4 rings (SSSR count). The highest BCUT2D eigenvalue weighted by Crippen LogP contribution is 2.30. The number of carbonyl (C=O) groups is 1. The van der Waals surface area contributed by atoms with Gasteiger partial charge in [-0.3, -0.25) is 4.79 Å². The number of carbonyl (C=O) groups excluding carboxylic acids is 1. The van der Waals surface area contributed by atoms with Crippen molar-refractivity contribution in [3.8, 4) is 0 Å². The van der Waals surface area contributed by atoms with Gasteiger partial charge in [-0.1, -0.05) is 24.6 Å². The Kier molecular flexibility index (Phi) is 4.57. The molecular formula is C22H27N5O. The zero-order chi connectivity index (χ0) is 19.9. The predicted molar refractivity (Wildman–Crippen MR) is 112 cm³/mol. The molecule has 0 unspecified atom stereocenters. The van der Waals surface area contributed by atoms with Crippen LogP contribution in [0.1, 0.15) is 56.0 Å². The minimum absolute atomic E-state index is 0.0407. The van der Waals surface area contributed by atoms with Gasteiger partial charge in [0.1, 0.15) is 5.65 Å². The fourth-order valence-electron chi connectivity index (χ4n) is 3.14. The Labute approximate surface area is 165 Å². The van der Waals surface area contributed by atoms with E-state index in [2.05, 4.69) is 47.9 Å². The minimum atomic E-state index is -0.161. The van der Waals surface area contributed by atoms with Crippen LogP contribution in [0, 0.1) is 6.92 Å². The number of aryl methyl sites for hydroxylation is 1. The van der Waals surface area contributed by atoms with E-state index in [4.69, 9.17) is 4.98 Å². The molecule has 0 radical (unpaired) electrons. The van der Waals surface area contributed by atoms with Gasteiger partial charge >= 0.3 is 0 Å². The lowest BCUT2D eigenvalue weighted by molar-refractivity contribution is 0.0952. The second-order valence-corrected chi connectivity index (χ2v) is 8.25. The Morgan fingerprint density at radius 2 is 1.96 bits per heavy atom. The predicted octanol–water partition coefficient (Wildman–Crippen LogP) is 4.52. The van der Waals surface area contributed by atoms with Gasteiger partial charge in [-0.05, 0) is 52.2 Å². The highest BCUT2D eigenvalue weighted by atomic mass is 16.1. The Hall–Kier alpha value is -2.89. The van der Waals surface area contributed by atoms with Gasteiger partial charge < -0.3 is 15.2 Å². The van der Waals surface area contributed by atoms with Crippen LogP contribution in [0.3, 0.4) is 0 Å². The maximum Gasteiger partial charge on any atom is 0.253 e. The highest BCUT2D eigenvalue weighted by Gasteiger charge is 2.28. The lowest BCUT2D eigenvalue weighted by Crippen LogP contribution is -2.26. The molecule has 6 heteroatoms. The molecule has 1 aromatic carbocycles. The molecule has 146 valence electrons. The van der Waals surface area contributed by atoms with Gasteiger partial charge in [0.25, 0.3) is 5.91 Å². The van der Waals surface area contributed by atoms with Crippen molar-refractivity contribution in [3.05, 3.63) is 47.8 Å². The molecule has 28 heavy (non-hydrogen) atoms. The van der Waals surface area contributed by atoms with Gasteiger partial charge in [0, 0.05) is 29.7 Å². The number of amides is 1. The molecule has 2 aromatic heterocycles. The summed E-state index contributed by atoms with van der Waals surface area (Å²) >= 11 is 0. The van der Waals surface area contributed by atoms with Crippen LogP contribution < -0.4 is 10.6 Å². The van der Waals surface area contributed by atoms with Gasteiger partial charge in [-0.2, -0.15) is 4.98 Å². The summed E-state index contributed by atoms with van der Waals surface area (Å²) in [4.78, 5) is 22.0. The topological polar surface area (TPSA) is 71.8 Å². The van der Waals surface area contributed by atoms with Crippen LogP contribution in [-0.4, -0.2) is 26.5 Å². The van der Waals surface area contributed by atoms with Crippen LogP contribution in [0.25, 0.3) is 11.0 Å². The molecule has 2 heterocycles. The van der Waals surface area contributed by atoms with Crippen molar-refractivity contribution in [1.29, 1.82) is 0 Å². The van der Waals surface area contributed by atoms with E-state index in [0.29, 0.717) is 17.6 Å². The Balaban J connectivity index is 1.75. The third-order valence-corrected chi connectivity index (χ3v) is 5.53. The van der Waals surface area contributed by atoms with Gasteiger partial charge in [0.15, 0.2) is 0 Å². The van der Waals surface area contributed by atoms with Crippen LogP contribution in [0.4, 0.5) is 11.6 Å². The van der Waals surface area contributed by atoms with E-state index in [-0.39, 0.29) is 11.4 Å². The highest BCUT2D eigenvalue weighted by molar-refractivity contribution is 6.06. The zero-order valence-electron chi connectivity index (χ0n) is 16.9. The van der Waals surface area contributed by atoms with Crippen molar-refractivity contribution in [2.45, 2.75) is 58.5 Å². The van der Waals surface area contributed by atoms with Gasteiger partial charge in [0.05, 0.1) is 10.9 Å². The molecule has 1 amide bonds. The summed E-state index contributed by atoms with van der Waals surface area (Å²) in [6, 6.07) is 8.42. The third-order valence-electron chi connectivity index (χ3n) is 5.53. The lowest BCUT2D eigenvalue weighted by atomic mass is 10.0. The monoisotopic (exact) mass is 377 g/mol. The molecule has 1 aliphatic carbocycles. The van der Waals surface area contributed by atoms with Crippen molar-refractivity contribution in [1.82, 2.24) is 19.9 Å². The number of hydrogen-bond donors (Lipinski definition) is 2. The van der Waals surface area contributed by atoms with E-state index >= 15 is 0 Å². The first-order valence-electron chi connectivity index (χ1n) is 9.90. The van der Waals surface area contributed by atoms with Crippen LogP contribution in [0.5, 0.6) is 0 Å². The van der Waals surface area contributed by atoms with E-state index in [0.717, 1.165) is 36.0 Å². The fraction of sp³-hybridized carbons (Fsp3) is 0.409. The number of hydrogen-bond acceptors (Lipinski definition) is 4.